The van der Waals surface area contributed by atoms with Crippen molar-refractivity contribution in [1.29, 1.82) is 0 Å². The van der Waals surface area contributed by atoms with Crippen LogP contribution < -0.4 is 5.32 Å². The Bertz CT molecular complexity index is 539. The number of aromatic nitrogens is 2. The van der Waals surface area contributed by atoms with E-state index in [-0.39, 0.29) is 0 Å². The standard InChI is InChI=1S/C14H18ClN3O/c1-3-7-16-8-6-13-17-18-14(19-13)11-5-4-10(2)12(15)9-11/h4-5,9,16H,3,6-8H2,1-2H3. The fourth-order valence-electron chi connectivity index (χ4n) is 1.69. The van der Waals surface area contributed by atoms with Crippen LogP contribution in [0.4, 0.5) is 0 Å². The van der Waals surface area contributed by atoms with Gasteiger partial charge in [0, 0.05) is 23.6 Å². The van der Waals surface area contributed by atoms with E-state index in [9.17, 15) is 0 Å². The molecule has 0 radical (unpaired) electrons. The summed E-state index contributed by atoms with van der Waals surface area (Å²) in [5.74, 6) is 1.17. The van der Waals surface area contributed by atoms with Gasteiger partial charge in [-0.05, 0) is 37.6 Å². The third-order valence-electron chi connectivity index (χ3n) is 2.83. The van der Waals surface area contributed by atoms with Crippen molar-refractivity contribution >= 4 is 11.6 Å². The van der Waals surface area contributed by atoms with E-state index in [0.29, 0.717) is 16.8 Å². The molecule has 0 saturated carbocycles. The van der Waals surface area contributed by atoms with E-state index in [1.807, 2.05) is 25.1 Å². The lowest BCUT2D eigenvalue weighted by Gasteiger charge is -2.00. The third-order valence-corrected chi connectivity index (χ3v) is 3.24. The van der Waals surface area contributed by atoms with Gasteiger partial charge in [-0.2, -0.15) is 0 Å². The van der Waals surface area contributed by atoms with E-state index < -0.39 is 0 Å². The molecule has 1 aromatic heterocycles. The van der Waals surface area contributed by atoms with Crippen molar-refractivity contribution in [3.63, 3.8) is 0 Å². The number of nitrogens with one attached hydrogen (secondary N) is 1. The molecule has 1 aromatic carbocycles. The summed E-state index contributed by atoms with van der Waals surface area (Å²) in [5, 5.41) is 12.1. The van der Waals surface area contributed by atoms with Gasteiger partial charge < -0.3 is 9.73 Å². The predicted octanol–water partition coefficient (Wildman–Crippen LogP) is 3.24. The Morgan fingerprint density at radius 3 is 2.84 bits per heavy atom. The van der Waals surface area contributed by atoms with Crippen molar-refractivity contribution in [2.75, 3.05) is 13.1 Å². The Morgan fingerprint density at radius 1 is 1.26 bits per heavy atom. The first-order chi connectivity index (χ1) is 9.20. The first kappa shape index (κ1) is 14.0. The molecule has 0 saturated heterocycles. The van der Waals surface area contributed by atoms with Gasteiger partial charge in [-0.25, -0.2) is 0 Å². The molecule has 5 heteroatoms. The van der Waals surface area contributed by atoms with Crippen LogP contribution in [0, 0.1) is 6.92 Å². The molecule has 4 nitrogen and oxygen atoms in total. The monoisotopic (exact) mass is 279 g/mol. The molecule has 2 aromatic rings. The van der Waals surface area contributed by atoms with E-state index in [0.717, 1.165) is 37.1 Å². The highest BCUT2D eigenvalue weighted by molar-refractivity contribution is 6.31. The van der Waals surface area contributed by atoms with Crippen LogP contribution in [0.25, 0.3) is 11.5 Å². The van der Waals surface area contributed by atoms with Gasteiger partial charge in [0.05, 0.1) is 0 Å². The normalized spacial score (nSPS) is 10.9. The van der Waals surface area contributed by atoms with Crippen LogP contribution in [0.5, 0.6) is 0 Å². The summed E-state index contributed by atoms with van der Waals surface area (Å²) < 4.78 is 5.62. The van der Waals surface area contributed by atoms with Crippen LogP contribution >= 0.6 is 11.6 Å². The van der Waals surface area contributed by atoms with E-state index in [4.69, 9.17) is 16.0 Å². The van der Waals surface area contributed by atoms with Crippen molar-refractivity contribution in [2.45, 2.75) is 26.7 Å². The first-order valence-electron chi connectivity index (χ1n) is 6.50. The molecule has 2 rings (SSSR count). The van der Waals surface area contributed by atoms with Crippen LogP contribution in [-0.4, -0.2) is 23.3 Å². The molecular weight excluding hydrogens is 262 g/mol. The molecule has 0 bridgehead atoms. The van der Waals surface area contributed by atoms with Crippen molar-refractivity contribution < 1.29 is 4.42 Å². The quantitative estimate of drug-likeness (QED) is 0.825. The van der Waals surface area contributed by atoms with Gasteiger partial charge in [-0.15, -0.1) is 10.2 Å². The molecule has 19 heavy (non-hydrogen) atoms. The number of rotatable bonds is 6. The second-order valence-corrected chi connectivity index (χ2v) is 4.87. The van der Waals surface area contributed by atoms with Gasteiger partial charge in [0.1, 0.15) is 0 Å². The second-order valence-electron chi connectivity index (χ2n) is 4.46. The molecule has 0 amide bonds. The van der Waals surface area contributed by atoms with Crippen molar-refractivity contribution in [2.24, 2.45) is 0 Å². The Hall–Kier alpha value is -1.39. The van der Waals surface area contributed by atoms with Gasteiger partial charge in [0.2, 0.25) is 11.8 Å². The summed E-state index contributed by atoms with van der Waals surface area (Å²) in [4.78, 5) is 0. The molecule has 1 heterocycles. The first-order valence-corrected chi connectivity index (χ1v) is 6.88. The fourth-order valence-corrected chi connectivity index (χ4v) is 1.87. The fraction of sp³-hybridized carbons (Fsp3) is 0.429. The van der Waals surface area contributed by atoms with Gasteiger partial charge in [0.25, 0.3) is 0 Å². The highest BCUT2D eigenvalue weighted by Crippen LogP contribution is 2.24. The zero-order valence-electron chi connectivity index (χ0n) is 11.2. The van der Waals surface area contributed by atoms with E-state index in [2.05, 4.69) is 22.4 Å². The summed E-state index contributed by atoms with van der Waals surface area (Å²) in [7, 11) is 0. The maximum Gasteiger partial charge on any atom is 0.247 e. The summed E-state index contributed by atoms with van der Waals surface area (Å²) in [6.07, 6.45) is 1.86. The molecule has 1 N–H and O–H groups in total. The van der Waals surface area contributed by atoms with E-state index in [1.165, 1.54) is 0 Å². The zero-order valence-corrected chi connectivity index (χ0v) is 12.0. The van der Waals surface area contributed by atoms with Crippen molar-refractivity contribution in [3.05, 3.63) is 34.7 Å². The Morgan fingerprint density at radius 2 is 2.11 bits per heavy atom. The maximum absolute atomic E-state index is 6.09. The number of nitrogens with zero attached hydrogens (tertiary/aromatic N) is 2. The lowest BCUT2D eigenvalue weighted by molar-refractivity contribution is 0.494. The molecular formula is C14H18ClN3O. The molecule has 0 unspecified atom stereocenters. The average molecular weight is 280 g/mol. The molecule has 0 spiro atoms. The predicted molar refractivity (Wildman–Crippen MR) is 76.3 cm³/mol. The Labute approximate surface area is 118 Å². The summed E-state index contributed by atoms with van der Waals surface area (Å²) in [6.45, 7) is 5.96. The van der Waals surface area contributed by atoms with E-state index >= 15 is 0 Å². The maximum atomic E-state index is 6.09. The SMILES string of the molecule is CCCNCCc1nnc(-c2ccc(C)c(Cl)c2)o1. The molecule has 102 valence electrons. The molecule has 0 fully saturated rings. The average Bonchev–Trinajstić information content (AvgIpc) is 2.87. The largest absolute Gasteiger partial charge is 0.421 e. The van der Waals surface area contributed by atoms with Crippen molar-refractivity contribution in [3.8, 4) is 11.5 Å². The second kappa shape index (κ2) is 6.68. The van der Waals surface area contributed by atoms with Crippen molar-refractivity contribution in [1.82, 2.24) is 15.5 Å². The lowest BCUT2D eigenvalue weighted by Crippen LogP contribution is -2.17. The third kappa shape index (κ3) is 3.78. The molecule has 0 atom stereocenters. The molecule has 0 aliphatic rings. The number of hydrogen-bond acceptors (Lipinski definition) is 4. The van der Waals surface area contributed by atoms with Crippen LogP contribution in [0.15, 0.2) is 22.6 Å². The Balaban J connectivity index is 2.01. The van der Waals surface area contributed by atoms with Crippen LogP contribution in [-0.2, 0) is 6.42 Å². The summed E-state index contributed by atoms with van der Waals surface area (Å²) in [6, 6.07) is 5.74. The minimum absolute atomic E-state index is 0.521. The van der Waals surface area contributed by atoms with Crippen LogP contribution in [0.3, 0.4) is 0 Å². The highest BCUT2D eigenvalue weighted by atomic mass is 35.5. The number of benzene rings is 1. The summed E-state index contributed by atoms with van der Waals surface area (Å²) >= 11 is 6.09. The van der Waals surface area contributed by atoms with E-state index in [1.54, 1.807) is 0 Å². The number of aryl methyl sites for hydroxylation is 1. The van der Waals surface area contributed by atoms with Gasteiger partial charge in [-0.1, -0.05) is 24.6 Å². The molecule has 0 aliphatic carbocycles. The van der Waals surface area contributed by atoms with Gasteiger partial charge in [0.15, 0.2) is 0 Å². The van der Waals surface area contributed by atoms with Crippen LogP contribution in [0.2, 0.25) is 5.02 Å². The lowest BCUT2D eigenvalue weighted by atomic mass is 10.1. The van der Waals surface area contributed by atoms with Gasteiger partial charge >= 0.3 is 0 Å². The highest BCUT2D eigenvalue weighted by Gasteiger charge is 2.09. The van der Waals surface area contributed by atoms with Gasteiger partial charge in [-0.3, -0.25) is 0 Å². The number of hydrogen-bond donors (Lipinski definition) is 1. The minimum Gasteiger partial charge on any atom is -0.421 e. The zero-order chi connectivity index (χ0) is 13.7. The molecule has 0 aliphatic heterocycles. The smallest absolute Gasteiger partial charge is 0.247 e. The van der Waals surface area contributed by atoms with Crippen LogP contribution in [0.1, 0.15) is 24.8 Å². The minimum atomic E-state index is 0.521. The topological polar surface area (TPSA) is 51.0 Å². The Kier molecular flexibility index (Phi) is 4.93. The summed E-state index contributed by atoms with van der Waals surface area (Å²) in [5.41, 5.74) is 1.89. The number of halogens is 1.